The molecule has 6 heteroatoms. The molecule has 0 bridgehead atoms. The highest BCUT2D eigenvalue weighted by atomic mass is 16.3. The third-order valence-corrected chi connectivity index (χ3v) is 10.9. The van der Waals surface area contributed by atoms with E-state index in [-0.39, 0.29) is 0 Å². The van der Waals surface area contributed by atoms with Gasteiger partial charge in [0.1, 0.15) is 12.2 Å². The van der Waals surface area contributed by atoms with Crippen molar-refractivity contribution in [3.05, 3.63) is 60.8 Å². The molecule has 0 saturated heterocycles. The molecule has 4 atom stereocenters. The molecule has 0 heterocycles. The molecule has 0 saturated carbocycles. The maximum absolute atomic E-state index is 12.5. The molecule has 0 aromatic heterocycles. The number of amides is 1. The normalized spacial score (nSPS) is 14.6. The van der Waals surface area contributed by atoms with Crippen molar-refractivity contribution >= 4 is 5.91 Å². The largest absolute Gasteiger partial charge is 0.394 e. The smallest absolute Gasteiger partial charge is 0.249 e. The minimum Gasteiger partial charge on any atom is -0.394 e. The number of aliphatic hydroxyl groups excluding tert-OH is 4. The van der Waals surface area contributed by atoms with Crippen LogP contribution in [-0.2, 0) is 4.79 Å². The van der Waals surface area contributed by atoms with E-state index in [9.17, 15) is 25.2 Å². The Bertz CT molecular complexity index is 988. The van der Waals surface area contributed by atoms with Crippen LogP contribution in [0.2, 0.25) is 0 Å². The molecular weight excluding hydrogens is 707 g/mol. The molecule has 0 aliphatic rings. The molecule has 0 fully saturated rings. The summed E-state index contributed by atoms with van der Waals surface area (Å²) in [6.45, 7) is 4.01. The van der Waals surface area contributed by atoms with Crippen molar-refractivity contribution in [3.8, 4) is 0 Å². The Balaban J connectivity index is 3.79. The van der Waals surface area contributed by atoms with E-state index in [0.717, 1.165) is 64.2 Å². The Morgan fingerprint density at radius 1 is 0.439 bits per heavy atom. The first-order valence-electron chi connectivity index (χ1n) is 24.2. The minimum absolute atomic E-state index is 0.349. The van der Waals surface area contributed by atoms with Crippen LogP contribution in [0.3, 0.4) is 0 Å². The zero-order valence-corrected chi connectivity index (χ0v) is 37.3. The van der Waals surface area contributed by atoms with Crippen molar-refractivity contribution in [2.24, 2.45) is 0 Å². The zero-order chi connectivity index (χ0) is 41.7. The van der Waals surface area contributed by atoms with E-state index in [1.54, 1.807) is 0 Å². The van der Waals surface area contributed by atoms with E-state index in [2.05, 4.69) is 79.9 Å². The molecule has 0 aromatic carbocycles. The standard InChI is InChI=1S/C51H93NO5/c1-3-5-7-9-11-13-15-17-19-21-22-23-24-25-26-27-29-31-33-35-37-39-41-43-45-49(55)51(57)52-47(46-53)50(56)48(54)44-42-40-38-36-34-32-30-28-20-18-16-14-12-10-8-6-4-2/h14,16,22-23,25-26,28,30,36,38,47-50,53-56H,3-13,15,17-21,24,27,29,31-35,37,39-46H2,1-2H3,(H,52,57)/b16-14+,23-22-,26-25-,30-28+,38-36+. The van der Waals surface area contributed by atoms with Gasteiger partial charge in [0.2, 0.25) is 5.91 Å². The molecule has 0 aliphatic heterocycles. The van der Waals surface area contributed by atoms with Gasteiger partial charge in [-0.25, -0.2) is 0 Å². The van der Waals surface area contributed by atoms with Crippen LogP contribution in [-0.4, -0.2) is 57.3 Å². The van der Waals surface area contributed by atoms with Gasteiger partial charge in [0, 0.05) is 0 Å². The summed E-state index contributed by atoms with van der Waals surface area (Å²) in [5.74, 6) is -0.606. The van der Waals surface area contributed by atoms with Gasteiger partial charge < -0.3 is 25.7 Å². The molecule has 0 aliphatic carbocycles. The van der Waals surface area contributed by atoms with Gasteiger partial charge in [0.25, 0.3) is 0 Å². The third-order valence-electron chi connectivity index (χ3n) is 10.9. The Hall–Kier alpha value is -1.99. The number of nitrogens with one attached hydrogen (secondary N) is 1. The minimum atomic E-state index is -1.30. The van der Waals surface area contributed by atoms with Crippen LogP contribution in [0.5, 0.6) is 0 Å². The van der Waals surface area contributed by atoms with Crippen molar-refractivity contribution in [1.82, 2.24) is 5.32 Å². The highest BCUT2D eigenvalue weighted by molar-refractivity contribution is 5.80. The average Bonchev–Trinajstić information content (AvgIpc) is 3.22. The molecule has 4 unspecified atom stereocenters. The predicted molar refractivity (Wildman–Crippen MR) is 246 cm³/mol. The van der Waals surface area contributed by atoms with Crippen molar-refractivity contribution in [1.29, 1.82) is 0 Å². The summed E-state index contributed by atoms with van der Waals surface area (Å²) in [6.07, 6.45) is 56.8. The van der Waals surface area contributed by atoms with Gasteiger partial charge in [-0.15, -0.1) is 0 Å². The summed E-state index contributed by atoms with van der Waals surface area (Å²) in [4.78, 5) is 12.5. The molecule has 0 rings (SSSR count). The summed E-state index contributed by atoms with van der Waals surface area (Å²) in [5.41, 5.74) is 0. The molecule has 5 N–H and O–H groups in total. The lowest BCUT2D eigenvalue weighted by Crippen LogP contribution is -2.53. The lowest BCUT2D eigenvalue weighted by molar-refractivity contribution is -0.132. The van der Waals surface area contributed by atoms with Gasteiger partial charge in [0.05, 0.1) is 18.8 Å². The van der Waals surface area contributed by atoms with E-state index >= 15 is 0 Å². The van der Waals surface area contributed by atoms with Crippen LogP contribution in [0.15, 0.2) is 60.8 Å². The van der Waals surface area contributed by atoms with Gasteiger partial charge in [-0.3, -0.25) is 4.79 Å². The first-order chi connectivity index (χ1) is 28.0. The Morgan fingerprint density at radius 2 is 0.789 bits per heavy atom. The van der Waals surface area contributed by atoms with Crippen LogP contribution < -0.4 is 5.32 Å². The van der Waals surface area contributed by atoms with E-state index in [1.807, 2.05) is 0 Å². The highest BCUT2D eigenvalue weighted by Crippen LogP contribution is 2.14. The first-order valence-corrected chi connectivity index (χ1v) is 24.2. The van der Waals surface area contributed by atoms with Crippen LogP contribution >= 0.6 is 0 Å². The van der Waals surface area contributed by atoms with Crippen LogP contribution in [0.4, 0.5) is 0 Å². The molecule has 6 nitrogen and oxygen atoms in total. The monoisotopic (exact) mass is 800 g/mol. The average molecular weight is 800 g/mol. The quantitative estimate of drug-likeness (QED) is 0.0312. The Morgan fingerprint density at radius 3 is 1.23 bits per heavy atom. The molecular formula is C51H93NO5. The van der Waals surface area contributed by atoms with Gasteiger partial charge >= 0.3 is 0 Å². The van der Waals surface area contributed by atoms with Crippen molar-refractivity contribution < 1.29 is 25.2 Å². The fourth-order valence-corrected chi connectivity index (χ4v) is 7.05. The Kier molecular flexibility index (Phi) is 43.5. The van der Waals surface area contributed by atoms with E-state index in [4.69, 9.17) is 0 Å². The fraction of sp³-hybridized carbons (Fsp3) is 0.784. The van der Waals surface area contributed by atoms with Crippen molar-refractivity contribution in [2.75, 3.05) is 6.61 Å². The predicted octanol–water partition coefficient (Wildman–Crippen LogP) is 13.2. The molecule has 0 spiro atoms. The topological polar surface area (TPSA) is 110 Å². The second-order valence-corrected chi connectivity index (χ2v) is 16.4. The van der Waals surface area contributed by atoms with Gasteiger partial charge in [0.15, 0.2) is 0 Å². The lowest BCUT2D eigenvalue weighted by atomic mass is 10.00. The molecule has 332 valence electrons. The van der Waals surface area contributed by atoms with Crippen molar-refractivity contribution in [2.45, 2.75) is 250 Å². The second-order valence-electron chi connectivity index (χ2n) is 16.4. The Labute approximate surface area is 352 Å². The summed E-state index contributed by atoms with van der Waals surface area (Å²) in [5, 5.41) is 43.7. The molecule has 0 radical (unpaired) electrons. The van der Waals surface area contributed by atoms with E-state index in [0.29, 0.717) is 19.3 Å². The summed E-state index contributed by atoms with van der Waals surface area (Å²) in [6, 6.07) is -1.02. The number of carbonyl (C=O) groups excluding carboxylic acids is 1. The molecule has 57 heavy (non-hydrogen) atoms. The van der Waals surface area contributed by atoms with E-state index in [1.165, 1.54) is 128 Å². The first kappa shape index (κ1) is 55.0. The third kappa shape index (κ3) is 39.3. The number of carbonyl (C=O) groups is 1. The summed E-state index contributed by atoms with van der Waals surface area (Å²) < 4.78 is 0. The van der Waals surface area contributed by atoms with Crippen molar-refractivity contribution in [3.63, 3.8) is 0 Å². The maximum atomic E-state index is 12.5. The molecule has 0 aromatic rings. The van der Waals surface area contributed by atoms with Crippen LogP contribution in [0, 0.1) is 0 Å². The lowest BCUT2D eigenvalue weighted by Gasteiger charge is -2.27. The van der Waals surface area contributed by atoms with Gasteiger partial charge in [-0.1, -0.05) is 190 Å². The number of aliphatic hydroxyl groups is 4. The fourth-order valence-electron chi connectivity index (χ4n) is 7.05. The van der Waals surface area contributed by atoms with Gasteiger partial charge in [-0.2, -0.15) is 0 Å². The van der Waals surface area contributed by atoms with Crippen LogP contribution in [0.1, 0.15) is 226 Å². The number of hydrogen-bond acceptors (Lipinski definition) is 5. The number of unbranched alkanes of at least 4 members (excludes halogenated alkanes) is 24. The highest BCUT2D eigenvalue weighted by Gasteiger charge is 2.28. The molecule has 1 amide bonds. The summed E-state index contributed by atoms with van der Waals surface area (Å²) in [7, 11) is 0. The number of hydrogen-bond donors (Lipinski definition) is 5. The zero-order valence-electron chi connectivity index (χ0n) is 37.3. The summed E-state index contributed by atoms with van der Waals surface area (Å²) >= 11 is 0. The van der Waals surface area contributed by atoms with E-state index < -0.39 is 36.9 Å². The van der Waals surface area contributed by atoms with Gasteiger partial charge in [-0.05, 0) is 96.3 Å². The SMILES string of the molecule is CCCCCC/C=C/CC/C=C/CC/C=C/CCCC(O)C(O)C(CO)NC(=O)C(O)CCCCCCCCCC/C=C\C/C=C\CCCCCCCCCCC. The number of allylic oxidation sites excluding steroid dienone is 10. The number of rotatable bonds is 43. The van der Waals surface area contributed by atoms with Crippen LogP contribution in [0.25, 0.3) is 0 Å². The maximum Gasteiger partial charge on any atom is 0.249 e. The second kappa shape index (κ2) is 45.1.